The normalized spacial score (nSPS) is 19.1. The van der Waals surface area contributed by atoms with Crippen molar-refractivity contribution in [3.05, 3.63) is 58.7 Å². The average Bonchev–Trinajstić information content (AvgIpc) is 2.53. The van der Waals surface area contributed by atoms with Gasteiger partial charge in [-0.05, 0) is 57.1 Å². The van der Waals surface area contributed by atoms with Crippen LogP contribution in [0.2, 0.25) is 0 Å². The second-order valence-electron chi connectivity index (χ2n) is 8.27. The van der Waals surface area contributed by atoms with Gasteiger partial charge < -0.3 is 4.74 Å². The van der Waals surface area contributed by atoms with E-state index >= 15 is 0 Å². The molecule has 2 heteroatoms. The fraction of sp³-hybridized carbons (Fsp3) is 0.542. The summed E-state index contributed by atoms with van der Waals surface area (Å²) >= 11 is 0. The van der Waals surface area contributed by atoms with E-state index in [4.69, 9.17) is 4.74 Å². The molecule has 0 unspecified atom stereocenters. The molecule has 0 heterocycles. The van der Waals surface area contributed by atoms with Crippen molar-refractivity contribution in [1.82, 2.24) is 0 Å². The maximum Gasteiger partial charge on any atom is 0.308 e. The van der Waals surface area contributed by atoms with Crippen LogP contribution in [-0.4, -0.2) is 12.6 Å². The van der Waals surface area contributed by atoms with Gasteiger partial charge in [0.15, 0.2) is 0 Å². The van der Waals surface area contributed by atoms with Crippen molar-refractivity contribution < 1.29 is 9.53 Å². The molecule has 2 nitrogen and oxygen atoms in total. The molecule has 0 spiro atoms. The van der Waals surface area contributed by atoms with Crippen LogP contribution in [0.3, 0.4) is 0 Å². The van der Waals surface area contributed by atoms with Gasteiger partial charge in [0.1, 0.15) is 6.61 Å². The van der Waals surface area contributed by atoms with E-state index < -0.39 is 0 Å². The lowest BCUT2D eigenvalue weighted by Crippen LogP contribution is -2.19. The van der Waals surface area contributed by atoms with Crippen molar-refractivity contribution in [2.75, 3.05) is 6.61 Å². The maximum atomic E-state index is 11.4. The Kier molecular flexibility index (Phi) is 8.84. The van der Waals surface area contributed by atoms with Crippen molar-refractivity contribution in [3.63, 3.8) is 0 Å². The van der Waals surface area contributed by atoms with E-state index in [1.54, 1.807) is 0 Å². The van der Waals surface area contributed by atoms with Crippen molar-refractivity contribution in [1.29, 1.82) is 0 Å². The lowest BCUT2D eigenvalue weighted by atomic mass is 9.72. The van der Waals surface area contributed by atoms with Crippen LogP contribution in [0, 0.1) is 11.3 Å². The van der Waals surface area contributed by atoms with Crippen LogP contribution in [0.15, 0.2) is 58.7 Å². The van der Waals surface area contributed by atoms with E-state index in [0.29, 0.717) is 6.61 Å². The number of carbonyl (C=O) groups is 1. The number of allylic oxidation sites excluding steroid dienone is 9. The van der Waals surface area contributed by atoms with Crippen LogP contribution < -0.4 is 0 Å². The monoisotopic (exact) mass is 356 g/mol. The van der Waals surface area contributed by atoms with Crippen LogP contribution >= 0.6 is 0 Å². The first kappa shape index (κ1) is 22.2. The molecular formula is C24H36O2. The van der Waals surface area contributed by atoms with E-state index in [1.807, 2.05) is 39.0 Å². The predicted octanol–water partition coefficient (Wildman–Crippen LogP) is 6.72. The minimum atomic E-state index is -0.158. The Morgan fingerprint density at radius 1 is 1.19 bits per heavy atom. The lowest BCUT2D eigenvalue weighted by Gasteiger charge is -2.32. The Balaban J connectivity index is 2.62. The Morgan fingerprint density at radius 3 is 2.50 bits per heavy atom. The maximum absolute atomic E-state index is 11.4. The van der Waals surface area contributed by atoms with Crippen molar-refractivity contribution in [2.45, 2.75) is 67.7 Å². The fourth-order valence-corrected chi connectivity index (χ4v) is 3.12. The highest BCUT2D eigenvalue weighted by atomic mass is 16.5. The zero-order valence-electron chi connectivity index (χ0n) is 17.7. The largest absolute Gasteiger partial charge is 0.461 e. The third-order valence-corrected chi connectivity index (χ3v) is 4.88. The summed E-state index contributed by atoms with van der Waals surface area (Å²) in [7, 11) is 0. The van der Waals surface area contributed by atoms with E-state index in [0.717, 1.165) is 5.57 Å². The van der Waals surface area contributed by atoms with E-state index in [1.165, 1.54) is 36.0 Å². The second-order valence-corrected chi connectivity index (χ2v) is 8.27. The molecule has 0 aromatic carbocycles. The summed E-state index contributed by atoms with van der Waals surface area (Å²) in [5.41, 5.74) is 5.60. The minimum Gasteiger partial charge on any atom is -0.461 e. The van der Waals surface area contributed by atoms with Crippen LogP contribution in [0.1, 0.15) is 67.7 Å². The van der Waals surface area contributed by atoms with Gasteiger partial charge >= 0.3 is 5.97 Å². The number of esters is 1. The third-order valence-electron chi connectivity index (χ3n) is 4.88. The molecule has 144 valence electrons. The van der Waals surface area contributed by atoms with E-state index in [-0.39, 0.29) is 17.3 Å². The molecule has 0 aliphatic heterocycles. The van der Waals surface area contributed by atoms with E-state index in [9.17, 15) is 4.79 Å². The third kappa shape index (κ3) is 7.59. The van der Waals surface area contributed by atoms with Gasteiger partial charge in [-0.2, -0.15) is 0 Å². The van der Waals surface area contributed by atoms with Gasteiger partial charge in [-0.15, -0.1) is 0 Å². The average molecular weight is 357 g/mol. The molecular weight excluding hydrogens is 320 g/mol. The lowest BCUT2D eigenvalue weighted by molar-refractivity contribution is -0.146. The van der Waals surface area contributed by atoms with Gasteiger partial charge in [-0.1, -0.05) is 74.8 Å². The zero-order valence-corrected chi connectivity index (χ0v) is 17.7. The van der Waals surface area contributed by atoms with Crippen molar-refractivity contribution >= 4 is 5.97 Å². The summed E-state index contributed by atoms with van der Waals surface area (Å²) in [4.78, 5) is 11.4. The van der Waals surface area contributed by atoms with Crippen LogP contribution in [0.4, 0.5) is 0 Å². The molecule has 0 amide bonds. The number of hydrogen-bond acceptors (Lipinski definition) is 2. The van der Waals surface area contributed by atoms with Crippen LogP contribution in [0.5, 0.6) is 0 Å². The molecule has 1 aliphatic carbocycles. The summed E-state index contributed by atoms with van der Waals surface area (Å²) < 4.78 is 5.16. The molecule has 1 aliphatic rings. The Labute approximate surface area is 160 Å². The van der Waals surface area contributed by atoms with Gasteiger partial charge in [0.25, 0.3) is 0 Å². The Bertz CT molecular complexity index is 637. The number of hydrogen-bond donors (Lipinski definition) is 0. The number of ether oxygens (including phenoxy) is 1. The van der Waals surface area contributed by atoms with Crippen LogP contribution in [-0.2, 0) is 9.53 Å². The molecule has 1 rings (SSSR count). The number of carbonyl (C=O) groups excluding carboxylic acids is 1. The molecule has 0 aromatic rings. The highest BCUT2D eigenvalue weighted by molar-refractivity contribution is 5.71. The molecule has 0 fully saturated rings. The number of rotatable bonds is 7. The highest BCUT2D eigenvalue weighted by Gasteiger charge is 2.26. The van der Waals surface area contributed by atoms with Gasteiger partial charge in [-0.25, -0.2) is 0 Å². The topological polar surface area (TPSA) is 26.3 Å². The molecule has 0 radical (unpaired) electrons. The first-order valence-electron chi connectivity index (χ1n) is 9.70. The molecule has 0 saturated carbocycles. The summed E-state index contributed by atoms with van der Waals surface area (Å²) in [6.45, 7) is 15.1. The summed E-state index contributed by atoms with van der Waals surface area (Å²) in [5.74, 6) is -0.237. The second kappa shape index (κ2) is 10.4. The fourth-order valence-electron chi connectivity index (χ4n) is 3.12. The van der Waals surface area contributed by atoms with Gasteiger partial charge in [0, 0.05) is 0 Å². The molecule has 0 saturated heterocycles. The summed E-state index contributed by atoms with van der Waals surface area (Å²) in [6, 6.07) is 0. The minimum absolute atomic E-state index is 0.0792. The first-order valence-corrected chi connectivity index (χ1v) is 9.70. The van der Waals surface area contributed by atoms with Crippen molar-refractivity contribution in [3.8, 4) is 0 Å². The Hall–Kier alpha value is -1.83. The van der Waals surface area contributed by atoms with Crippen LogP contribution in [0.25, 0.3) is 0 Å². The molecule has 0 bridgehead atoms. The quantitative estimate of drug-likeness (QED) is 0.374. The SMILES string of the molecule is CC1=C(/C=C/C(C)=C/C=C/C(C)=C/COC(=O)C(C)C)C(C)(C)CCC1. The van der Waals surface area contributed by atoms with Gasteiger partial charge in [0.2, 0.25) is 0 Å². The summed E-state index contributed by atoms with van der Waals surface area (Å²) in [5, 5.41) is 0. The zero-order chi connectivity index (χ0) is 19.7. The standard InChI is InChI=1S/C24H36O2/c1-18(2)23(25)26-17-15-20(4)11-8-10-19(3)13-14-22-21(5)12-9-16-24(22,6)7/h8,10-11,13-15,18H,9,12,16-17H2,1-7H3/b11-8+,14-13+,19-10+,20-15+. The summed E-state index contributed by atoms with van der Waals surface area (Å²) in [6.07, 6.45) is 16.4. The van der Waals surface area contributed by atoms with Gasteiger partial charge in [0.05, 0.1) is 5.92 Å². The highest BCUT2D eigenvalue weighted by Crippen LogP contribution is 2.40. The first-order chi connectivity index (χ1) is 12.1. The molecule has 0 aromatic heterocycles. The predicted molar refractivity (Wildman–Crippen MR) is 112 cm³/mol. The Morgan fingerprint density at radius 2 is 1.88 bits per heavy atom. The molecule has 0 N–H and O–H groups in total. The van der Waals surface area contributed by atoms with E-state index in [2.05, 4.69) is 45.9 Å². The van der Waals surface area contributed by atoms with Gasteiger partial charge in [-0.3, -0.25) is 4.79 Å². The van der Waals surface area contributed by atoms with Crippen molar-refractivity contribution in [2.24, 2.45) is 11.3 Å². The molecule has 0 atom stereocenters. The molecule has 26 heavy (non-hydrogen) atoms. The smallest absolute Gasteiger partial charge is 0.308 e.